The molecule has 0 atom stereocenters. The molecule has 0 unspecified atom stereocenters. The number of piperazine rings is 1. The highest BCUT2D eigenvalue weighted by atomic mass is 32.1. The van der Waals surface area contributed by atoms with Gasteiger partial charge in [-0.1, -0.05) is 6.07 Å². The van der Waals surface area contributed by atoms with Crippen molar-refractivity contribution in [3.63, 3.8) is 0 Å². The van der Waals surface area contributed by atoms with Gasteiger partial charge in [0.15, 0.2) is 0 Å². The van der Waals surface area contributed by atoms with Crippen LogP contribution in [0.4, 0.5) is 10.2 Å². The Balaban J connectivity index is 1.14. The molecule has 1 aromatic carbocycles. The fourth-order valence-electron chi connectivity index (χ4n) is 4.58. The lowest BCUT2D eigenvalue weighted by Gasteiger charge is -2.37. The number of likely N-dealkylation sites (tertiary alicyclic amines) is 1. The van der Waals surface area contributed by atoms with E-state index in [1.807, 2.05) is 29.8 Å². The van der Waals surface area contributed by atoms with Gasteiger partial charge in [0.25, 0.3) is 5.91 Å². The summed E-state index contributed by atoms with van der Waals surface area (Å²) in [7, 11) is 0. The van der Waals surface area contributed by atoms with Gasteiger partial charge < -0.3 is 14.9 Å². The molecule has 1 N–H and O–H groups in total. The quantitative estimate of drug-likeness (QED) is 0.604. The molecule has 5 rings (SSSR count). The Kier molecular flexibility index (Phi) is 6.58. The van der Waals surface area contributed by atoms with Gasteiger partial charge in [-0.15, -0.1) is 11.3 Å². The van der Waals surface area contributed by atoms with Crippen molar-refractivity contribution in [2.24, 2.45) is 0 Å². The van der Waals surface area contributed by atoms with Crippen molar-refractivity contribution in [3.8, 4) is 0 Å². The average Bonchev–Trinajstić information content (AvgIpc) is 3.35. The maximum atomic E-state index is 13.1. The number of carbonyl (C=O) groups is 1. The van der Waals surface area contributed by atoms with E-state index in [4.69, 9.17) is 4.98 Å². The van der Waals surface area contributed by atoms with Gasteiger partial charge in [-0.3, -0.25) is 9.69 Å². The van der Waals surface area contributed by atoms with Crippen molar-refractivity contribution in [2.75, 3.05) is 44.2 Å². The third-order valence-electron chi connectivity index (χ3n) is 6.70. The van der Waals surface area contributed by atoms with Crippen molar-refractivity contribution in [3.05, 3.63) is 76.1 Å². The summed E-state index contributed by atoms with van der Waals surface area (Å²) in [6, 6.07) is 11.6. The molecule has 1 amide bonds. The van der Waals surface area contributed by atoms with E-state index in [0.717, 1.165) is 43.5 Å². The predicted octanol–water partition coefficient (Wildman–Crippen LogP) is 3.12. The fourth-order valence-corrected chi connectivity index (χ4v) is 5.50. The summed E-state index contributed by atoms with van der Waals surface area (Å²) in [5, 5.41) is 14.2. The lowest BCUT2D eigenvalue weighted by molar-refractivity contribution is -0.0241. The molecule has 2 saturated heterocycles. The number of nitrogens with zero attached hydrogens (tertiary/aromatic N) is 5. The summed E-state index contributed by atoms with van der Waals surface area (Å²) >= 11 is 1.58. The minimum absolute atomic E-state index is 0.133. The van der Waals surface area contributed by atoms with Crippen LogP contribution in [0.25, 0.3) is 0 Å². The molecule has 0 bridgehead atoms. The molecule has 178 valence electrons. The molecule has 2 aliphatic rings. The van der Waals surface area contributed by atoms with Crippen LogP contribution in [0.3, 0.4) is 0 Å². The van der Waals surface area contributed by atoms with Crippen LogP contribution in [-0.2, 0) is 12.1 Å². The largest absolute Gasteiger partial charge is 0.383 e. The second-order valence-electron chi connectivity index (χ2n) is 8.91. The summed E-state index contributed by atoms with van der Waals surface area (Å²) in [6.07, 6.45) is 2.70. The Labute approximate surface area is 202 Å². The van der Waals surface area contributed by atoms with E-state index in [1.165, 1.54) is 24.3 Å². The van der Waals surface area contributed by atoms with Crippen LogP contribution >= 0.6 is 11.3 Å². The van der Waals surface area contributed by atoms with Crippen LogP contribution in [0.15, 0.2) is 54.0 Å². The molecule has 4 heterocycles. The molecular weight excluding hydrogens is 453 g/mol. The SMILES string of the molecule is O=C(c1ccc(F)cc1)N1CCC(O)(c2csc(CN3CCN(c4ccccn4)CC3)n2)CC1. The summed E-state index contributed by atoms with van der Waals surface area (Å²) in [5.74, 6) is 0.523. The molecule has 0 spiro atoms. The maximum absolute atomic E-state index is 13.1. The van der Waals surface area contributed by atoms with E-state index in [0.29, 0.717) is 37.2 Å². The molecule has 2 aliphatic heterocycles. The number of hydrogen-bond acceptors (Lipinski definition) is 7. The van der Waals surface area contributed by atoms with E-state index in [9.17, 15) is 14.3 Å². The number of carbonyl (C=O) groups excluding carboxylic acids is 1. The summed E-state index contributed by atoms with van der Waals surface area (Å²) < 4.78 is 13.1. The first-order chi connectivity index (χ1) is 16.5. The first-order valence-corrected chi connectivity index (χ1v) is 12.5. The van der Waals surface area contributed by atoms with Gasteiger partial charge in [0.1, 0.15) is 22.2 Å². The topological polar surface area (TPSA) is 72.8 Å². The molecule has 34 heavy (non-hydrogen) atoms. The number of amides is 1. The number of anilines is 1. The zero-order valence-electron chi connectivity index (χ0n) is 18.9. The number of benzene rings is 1. The van der Waals surface area contributed by atoms with Crippen LogP contribution in [0.2, 0.25) is 0 Å². The van der Waals surface area contributed by atoms with Crippen molar-refractivity contribution in [2.45, 2.75) is 25.0 Å². The summed E-state index contributed by atoms with van der Waals surface area (Å²) in [5.41, 5.74) is 0.144. The average molecular weight is 482 g/mol. The molecule has 9 heteroatoms. The highest BCUT2D eigenvalue weighted by Crippen LogP contribution is 2.34. The summed E-state index contributed by atoms with van der Waals surface area (Å²) in [4.78, 5) is 28.3. The molecule has 0 aliphatic carbocycles. The van der Waals surface area contributed by atoms with Gasteiger partial charge in [0.2, 0.25) is 0 Å². The van der Waals surface area contributed by atoms with E-state index in [-0.39, 0.29) is 11.7 Å². The number of aromatic nitrogens is 2. The Hall–Kier alpha value is -2.88. The standard InChI is InChI=1S/C25H28FN5O2S/c26-20-6-4-19(5-7-20)24(32)31-11-8-25(33,9-12-31)21-18-34-23(28-21)17-29-13-15-30(16-14-29)22-3-1-2-10-27-22/h1-7,10,18,33H,8-9,11-17H2. The molecule has 0 radical (unpaired) electrons. The Bertz CT molecular complexity index is 1110. The lowest BCUT2D eigenvalue weighted by atomic mass is 9.88. The van der Waals surface area contributed by atoms with Gasteiger partial charge in [-0.2, -0.15) is 0 Å². The molecule has 7 nitrogen and oxygen atoms in total. The maximum Gasteiger partial charge on any atom is 0.253 e. The van der Waals surface area contributed by atoms with Gasteiger partial charge in [-0.05, 0) is 49.2 Å². The molecule has 2 fully saturated rings. The zero-order chi connectivity index (χ0) is 23.5. The number of rotatable bonds is 5. The van der Waals surface area contributed by atoms with E-state index >= 15 is 0 Å². The number of hydrogen-bond donors (Lipinski definition) is 1. The third kappa shape index (κ3) is 4.96. The van der Waals surface area contributed by atoms with Crippen molar-refractivity contribution >= 4 is 23.1 Å². The van der Waals surface area contributed by atoms with Crippen LogP contribution in [0.1, 0.15) is 33.9 Å². The van der Waals surface area contributed by atoms with E-state index in [2.05, 4.69) is 14.8 Å². The molecular formula is C25H28FN5O2S. The Morgan fingerprint density at radius 1 is 1.03 bits per heavy atom. The second-order valence-corrected chi connectivity index (χ2v) is 9.85. The predicted molar refractivity (Wildman–Crippen MR) is 129 cm³/mol. The Morgan fingerprint density at radius 3 is 2.44 bits per heavy atom. The lowest BCUT2D eigenvalue weighted by Crippen LogP contribution is -2.46. The normalized spacial score (nSPS) is 18.8. The minimum atomic E-state index is -1.02. The molecule has 3 aromatic rings. The van der Waals surface area contributed by atoms with Crippen LogP contribution < -0.4 is 4.90 Å². The van der Waals surface area contributed by atoms with Crippen molar-refractivity contribution in [1.82, 2.24) is 19.8 Å². The van der Waals surface area contributed by atoms with E-state index in [1.54, 1.807) is 16.2 Å². The number of halogens is 1. The number of piperidine rings is 1. The Morgan fingerprint density at radius 2 is 1.76 bits per heavy atom. The summed E-state index contributed by atoms with van der Waals surface area (Å²) in [6.45, 7) is 5.39. The number of thiazole rings is 1. The molecule has 2 aromatic heterocycles. The van der Waals surface area contributed by atoms with Gasteiger partial charge in [-0.25, -0.2) is 14.4 Å². The number of aliphatic hydroxyl groups is 1. The number of pyridine rings is 1. The van der Waals surface area contributed by atoms with E-state index < -0.39 is 5.60 Å². The van der Waals surface area contributed by atoms with Crippen LogP contribution in [0.5, 0.6) is 0 Å². The highest BCUT2D eigenvalue weighted by Gasteiger charge is 2.37. The first kappa shape index (κ1) is 22.9. The van der Waals surface area contributed by atoms with Crippen LogP contribution in [-0.4, -0.2) is 70.1 Å². The fraction of sp³-hybridized carbons (Fsp3) is 0.400. The van der Waals surface area contributed by atoms with Crippen molar-refractivity contribution in [1.29, 1.82) is 0 Å². The highest BCUT2D eigenvalue weighted by molar-refractivity contribution is 7.09. The minimum Gasteiger partial charge on any atom is -0.383 e. The smallest absolute Gasteiger partial charge is 0.253 e. The van der Waals surface area contributed by atoms with Crippen LogP contribution in [0, 0.1) is 5.82 Å². The zero-order valence-corrected chi connectivity index (χ0v) is 19.8. The van der Waals surface area contributed by atoms with Gasteiger partial charge in [0, 0.05) is 56.4 Å². The molecule has 0 saturated carbocycles. The van der Waals surface area contributed by atoms with Crippen molar-refractivity contribution < 1.29 is 14.3 Å². The third-order valence-corrected chi connectivity index (χ3v) is 7.54. The van der Waals surface area contributed by atoms with Gasteiger partial charge in [0.05, 0.1) is 12.2 Å². The first-order valence-electron chi connectivity index (χ1n) is 11.6. The van der Waals surface area contributed by atoms with Gasteiger partial charge >= 0.3 is 0 Å². The monoisotopic (exact) mass is 481 g/mol. The second kappa shape index (κ2) is 9.77.